The standard InChI is InChI=1S/C12H10ClN3/c13-6-2-1-3-9-10(14)4-5-11-12(9)16-8-7-15-11/h4-5,7-8H,2,6,14H2. The van der Waals surface area contributed by atoms with Gasteiger partial charge in [-0.05, 0) is 12.1 Å². The van der Waals surface area contributed by atoms with E-state index in [1.165, 1.54) is 0 Å². The Bertz CT molecular complexity index is 569. The monoisotopic (exact) mass is 231 g/mol. The van der Waals surface area contributed by atoms with Crippen LogP contribution in [0, 0.1) is 11.8 Å². The van der Waals surface area contributed by atoms with Crippen molar-refractivity contribution in [2.45, 2.75) is 6.42 Å². The first-order chi connectivity index (χ1) is 7.83. The summed E-state index contributed by atoms with van der Waals surface area (Å²) in [6.07, 6.45) is 3.92. The van der Waals surface area contributed by atoms with Gasteiger partial charge in [-0.25, -0.2) is 0 Å². The van der Waals surface area contributed by atoms with E-state index in [9.17, 15) is 0 Å². The third-order valence-corrected chi connectivity index (χ3v) is 2.29. The number of aromatic nitrogens is 2. The van der Waals surface area contributed by atoms with E-state index in [0.717, 1.165) is 16.6 Å². The maximum atomic E-state index is 5.87. The highest BCUT2D eigenvalue weighted by Gasteiger charge is 2.04. The van der Waals surface area contributed by atoms with Crippen molar-refractivity contribution in [2.75, 3.05) is 11.6 Å². The summed E-state index contributed by atoms with van der Waals surface area (Å²) >= 11 is 5.56. The van der Waals surface area contributed by atoms with E-state index in [1.54, 1.807) is 18.5 Å². The quantitative estimate of drug-likeness (QED) is 0.465. The van der Waals surface area contributed by atoms with E-state index in [-0.39, 0.29) is 0 Å². The van der Waals surface area contributed by atoms with E-state index in [4.69, 9.17) is 17.3 Å². The average molecular weight is 232 g/mol. The van der Waals surface area contributed by atoms with E-state index in [2.05, 4.69) is 21.8 Å². The van der Waals surface area contributed by atoms with Gasteiger partial charge >= 0.3 is 0 Å². The van der Waals surface area contributed by atoms with Gasteiger partial charge in [-0.1, -0.05) is 11.8 Å². The van der Waals surface area contributed by atoms with Gasteiger partial charge in [-0.2, -0.15) is 0 Å². The van der Waals surface area contributed by atoms with Gasteiger partial charge in [-0.15, -0.1) is 11.6 Å². The van der Waals surface area contributed by atoms with Gasteiger partial charge in [0, 0.05) is 30.4 Å². The lowest BCUT2D eigenvalue weighted by molar-refractivity contribution is 1.28. The molecule has 1 aromatic carbocycles. The maximum Gasteiger partial charge on any atom is 0.106 e. The van der Waals surface area contributed by atoms with Crippen LogP contribution in [0.3, 0.4) is 0 Å². The lowest BCUT2D eigenvalue weighted by Gasteiger charge is -2.01. The summed E-state index contributed by atoms with van der Waals surface area (Å²) in [5.41, 5.74) is 8.76. The summed E-state index contributed by atoms with van der Waals surface area (Å²) in [4.78, 5) is 8.44. The molecule has 0 saturated carbocycles. The summed E-state index contributed by atoms with van der Waals surface area (Å²) in [7, 11) is 0. The zero-order valence-corrected chi connectivity index (χ0v) is 9.33. The highest BCUT2D eigenvalue weighted by atomic mass is 35.5. The summed E-state index contributed by atoms with van der Waals surface area (Å²) in [5, 5.41) is 0. The summed E-state index contributed by atoms with van der Waals surface area (Å²) < 4.78 is 0. The van der Waals surface area contributed by atoms with Crippen LogP contribution in [0.2, 0.25) is 0 Å². The van der Waals surface area contributed by atoms with Gasteiger partial charge in [-0.3, -0.25) is 9.97 Å². The van der Waals surface area contributed by atoms with Crippen LogP contribution in [0.5, 0.6) is 0 Å². The number of nitrogens with zero attached hydrogens (tertiary/aromatic N) is 2. The molecule has 3 nitrogen and oxygen atoms in total. The maximum absolute atomic E-state index is 5.87. The average Bonchev–Trinajstić information content (AvgIpc) is 2.32. The van der Waals surface area contributed by atoms with Crippen molar-refractivity contribution in [3.05, 3.63) is 30.1 Å². The van der Waals surface area contributed by atoms with Crippen molar-refractivity contribution in [1.29, 1.82) is 0 Å². The molecular weight excluding hydrogens is 222 g/mol. The lowest BCUT2D eigenvalue weighted by Crippen LogP contribution is -1.94. The Balaban J connectivity index is 2.58. The molecule has 0 saturated heterocycles. The van der Waals surface area contributed by atoms with Crippen LogP contribution in [0.1, 0.15) is 12.0 Å². The van der Waals surface area contributed by atoms with Gasteiger partial charge in [0.15, 0.2) is 0 Å². The molecule has 0 amide bonds. The van der Waals surface area contributed by atoms with E-state index >= 15 is 0 Å². The molecule has 0 spiro atoms. The molecule has 0 aliphatic heterocycles. The molecule has 0 unspecified atom stereocenters. The summed E-state index contributed by atoms with van der Waals surface area (Å²) in [5.74, 6) is 6.47. The first-order valence-corrected chi connectivity index (χ1v) is 5.40. The number of alkyl halides is 1. The Kier molecular flexibility index (Phi) is 3.23. The van der Waals surface area contributed by atoms with Crippen LogP contribution >= 0.6 is 11.6 Å². The summed E-state index contributed by atoms with van der Waals surface area (Å²) in [6, 6.07) is 3.63. The van der Waals surface area contributed by atoms with Crippen molar-refractivity contribution in [1.82, 2.24) is 9.97 Å². The van der Waals surface area contributed by atoms with Crippen LogP contribution in [-0.4, -0.2) is 15.8 Å². The SMILES string of the molecule is Nc1ccc2nccnc2c1C#CCCCl. The fraction of sp³-hybridized carbons (Fsp3) is 0.167. The zero-order valence-electron chi connectivity index (χ0n) is 8.57. The second-order valence-corrected chi connectivity index (χ2v) is 3.57. The van der Waals surface area contributed by atoms with E-state index in [0.29, 0.717) is 18.0 Å². The molecule has 2 aromatic rings. The van der Waals surface area contributed by atoms with Crippen molar-refractivity contribution in [3.63, 3.8) is 0 Å². The molecule has 4 heteroatoms. The number of rotatable bonds is 1. The molecule has 16 heavy (non-hydrogen) atoms. The van der Waals surface area contributed by atoms with Gasteiger partial charge in [0.25, 0.3) is 0 Å². The first-order valence-electron chi connectivity index (χ1n) is 4.87. The Morgan fingerprint density at radius 2 is 2.06 bits per heavy atom. The summed E-state index contributed by atoms with van der Waals surface area (Å²) in [6.45, 7) is 0. The normalized spacial score (nSPS) is 9.81. The number of hydrogen-bond donors (Lipinski definition) is 1. The predicted molar refractivity (Wildman–Crippen MR) is 66.2 cm³/mol. The largest absolute Gasteiger partial charge is 0.398 e. The minimum atomic E-state index is 0.517. The fourth-order valence-corrected chi connectivity index (χ4v) is 1.48. The molecule has 0 radical (unpaired) electrons. The Labute approximate surface area is 98.7 Å². The minimum Gasteiger partial charge on any atom is -0.398 e. The number of nitrogens with two attached hydrogens (primary N) is 1. The van der Waals surface area contributed by atoms with Gasteiger partial charge in [0.05, 0.1) is 11.1 Å². The van der Waals surface area contributed by atoms with E-state index in [1.807, 2.05) is 6.07 Å². The molecule has 2 rings (SSSR count). The van der Waals surface area contributed by atoms with Crippen LogP contribution in [0.25, 0.3) is 11.0 Å². The number of nitrogen functional groups attached to an aromatic ring is 1. The topological polar surface area (TPSA) is 51.8 Å². The van der Waals surface area contributed by atoms with Gasteiger partial charge in [0.2, 0.25) is 0 Å². The number of anilines is 1. The second kappa shape index (κ2) is 4.82. The lowest BCUT2D eigenvalue weighted by atomic mass is 10.1. The third kappa shape index (κ3) is 2.07. The number of halogens is 1. The molecule has 1 heterocycles. The molecule has 2 N–H and O–H groups in total. The number of benzene rings is 1. The third-order valence-electron chi connectivity index (χ3n) is 2.11. The van der Waals surface area contributed by atoms with Gasteiger partial charge in [0.1, 0.15) is 5.52 Å². The molecule has 0 bridgehead atoms. The molecule has 0 aliphatic rings. The van der Waals surface area contributed by atoms with Crippen molar-refractivity contribution in [2.24, 2.45) is 0 Å². The van der Waals surface area contributed by atoms with Gasteiger partial charge < -0.3 is 5.73 Å². The molecule has 0 aliphatic carbocycles. The number of fused-ring (bicyclic) bond motifs is 1. The predicted octanol–water partition coefficient (Wildman–Crippen LogP) is 2.19. The smallest absolute Gasteiger partial charge is 0.106 e. The molecule has 0 fully saturated rings. The first kappa shape index (κ1) is 10.7. The van der Waals surface area contributed by atoms with E-state index < -0.39 is 0 Å². The second-order valence-electron chi connectivity index (χ2n) is 3.19. The highest BCUT2D eigenvalue weighted by molar-refractivity contribution is 6.18. The van der Waals surface area contributed by atoms with Crippen LogP contribution in [0.15, 0.2) is 24.5 Å². The van der Waals surface area contributed by atoms with Crippen LogP contribution in [-0.2, 0) is 0 Å². The molecular formula is C12H10ClN3. The Hall–Kier alpha value is -1.79. The highest BCUT2D eigenvalue weighted by Crippen LogP contribution is 2.19. The fourth-order valence-electron chi connectivity index (χ4n) is 1.38. The minimum absolute atomic E-state index is 0.517. The Morgan fingerprint density at radius 3 is 2.88 bits per heavy atom. The van der Waals surface area contributed by atoms with Crippen molar-refractivity contribution >= 4 is 28.3 Å². The van der Waals surface area contributed by atoms with Crippen LogP contribution in [0.4, 0.5) is 5.69 Å². The number of hydrogen-bond acceptors (Lipinski definition) is 3. The molecule has 80 valence electrons. The molecule has 1 aromatic heterocycles. The van der Waals surface area contributed by atoms with Crippen LogP contribution < -0.4 is 5.73 Å². The van der Waals surface area contributed by atoms with Crippen molar-refractivity contribution in [3.8, 4) is 11.8 Å². The molecule has 0 atom stereocenters. The zero-order chi connectivity index (χ0) is 11.4. The van der Waals surface area contributed by atoms with Crippen molar-refractivity contribution < 1.29 is 0 Å². The Morgan fingerprint density at radius 1 is 1.25 bits per heavy atom.